The highest BCUT2D eigenvalue weighted by Crippen LogP contribution is 2.32. The number of H-pyrrole nitrogens is 1. The molecule has 1 aliphatic rings. The van der Waals surface area contributed by atoms with Gasteiger partial charge in [-0.2, -0.15) is 0 Å². The molecule has 1 aliphatic carbocycles. The van der Waals surface area contributed by atoms with Crippen molar-refractivity contribution in [2.75, 3.05) is 0 Å². The van der Waals surface area contributed by atoms with Crippen molar-refractivity contribution in [1.82, 2.24) is 9.97 Å². The van der Waals surface area contributed by atoms with Gasteiger partial charge in [-0.15, -0.1) is 0 Å². The molecule has 0 amide bonds. The molecule has 2 heterocycles. The number of hydrogen-bond acceptors (Lipinski definition) is 1. The van der Waals surface area contributed by atoms with Crippen molar-refractivity contribution >= 4 is 33.4 Å². The van der Waals surface area contributed by atoms with Crippen LogP contribution in [0.2, 0.25) is 5.02 Å². The van der Waals surface area contributed by atoms with Gasteiger partial charge >= 0.3 is 0 Å². The predicted octanol–water partition coefficient (Wildman–Crippen LogP) is 6.42. The summed E-state index contributed by atoms with van der Waals surface area (Å²) in [6.07, 6.45) is 10.3. The van der Waals surface area contributed by atoms with Gasteiger partial charge in [0, 0.05) is 33.2 Å². The minimum atomic E-state index is 0.774. The van der Waals surface area contributed by atoms with E-state index in [-0.39, 0.29) is 0 Å². The third-order valence-corrected chi connectivity index (χ3v) is 6.13. The lowest BCUT2D eigenvalue weighted by atomic mass is 9.87. The SMILES string of the molecule is Clc1ccc2c(CCCc3c[nH]c4ccccc34)c3c(nc2c1)CCCC3. The summed E-state index contributed by atoms with van der Waals surface area (Å²) in [5, 5.41) is 3.42. The van der Waals surface area contributed by atoms with Gasteiger partial charge in [0.2, 0.25) is 0 Å². The summed E-state index contributed by atoms with van der Waals surface area (Å²) in [5.41, 5.74) is 8.03. The lowest BCUT2D eigenvalue weighted by molar-refractivity contribution is 0.661. The number of hydrogen-bond donors (Lipinski definition) is 1. The van der Waals surface area contributed by atoms with Gasteiger partial charge < -0.3 is 4.98 Å². The Hall–Kier alpha value is -2.32. The predicted molar refractivity (Wildman–Crippen MR) is 114 cm³/mol. The molecule has 0 atom stereocenters. The Morgan fingerprint density at radius 2 is 1.85 bits per heavy atom. The maximum Gasteiger partial charge on any atom is 0.0723 e. The van der Waals surface area contributed by atoms with Crippen LogP contribution in [0.25, 0.3) is 21.8 Å². The summed E-state index contributed by atoms with van der Waals surface area (Å²) in [6, 6.07) is 14.8. The normalized spacial score (nSPS) is 14.0. The molecule has 136 valence electrons. The molecule has 0 fully saturated rings. The van der Waals surface area contributed by atoms with Crippen LogP contribution in [0.3, 0.4) is 0 Å². The molecule has 4 aromatic rings. The number of aryl methyl sites for hydroxylation is 3. The largest absolute Gasteiger partial charge is 0.361 e. The van der Waals surface area contributed by atoms with Crippen molar-refractivity contribution < 1.29 is 0 Å². The monoisotopic (exact) mass is 374 g/mol. The average Bonchev–Trinajstić information content (AvgIpc) is 3.10. The van der Waals surface area contributed by atoms with Crippen LogP contribution in [0.15, 0.2) is 48.7 Å². The van der Waals surface area contributed by atoms with Gasteiger partial charge in [0.1, 0.15) is 0 Å². The average molecular weight is 375 g/mol. The first-order valence-electron chi connectivity index (χ1n) is 9.94. The number of aromatic nitrogens is 2. The molecule has 1 N–H and O–H groups in total. The number of fused-ring (bicyclic) bond motifs is 3. The van der Waals surface area contributed by atoms with E-state index < -0.39 is 0 Å². The Morgan fingerprint density at radius 3 is 2.81 bits per heavy atom. The second-order valence-corrected chi connectivity index (χ2v) is 8.03. The van der Waals surface area contributed by atoms with Crippen molar-refractivity contribution in [3.8, 4) is 0 Å². The standard InChI is InChI=1S/C24H23ClN2/c25-17-12-13-21-19(20-8-2-4-11-23(20)27-24(21)14-17)9-5-6-16-15-26-22-10-3-1-7-18(16)22/h1,3,7,10,12-15,26H,2,4-6,8-9,11H2. The number of para-hydroxylation sites is 1. The highest BCUT2D eigenvalue weighted by molar-refractivity contribution is 6.31. The number of nitrogens with one attached hydrogen (secondary N) is 1. The highest BCUT2D eigenvalue weighted by atomic mass is 35.5. The zero-order chi connectivity index (χ0) is 18.2. The fourth-order valence-corrected chi connectivity index (χ4v) is 4.74. The third kappa shape index (κ3) is 3.12. The molecule has 0 radical (unpaired) electrons. The minimum Gasteiger partial charge on any atom is -0.361 e. The maximum absolute atomic E-state index is 6.24. The molecule has 0 bridgehead atoms. The van der Waals surface area contributed by atoms with Crippen molar-refractivity contribution in [2.45, 2.75) is 44.9 Å². The fraction of sp³-hybridized carbons (Fsp3) is 0.292. The van der Waals surface area contributed by atoms with Crippen LogP contribution < -0.4 is 0 Å². The summed E-state index contributed by atoms with van der Waals surface area (Å²) in [6.45, 7) is 0. The van der Waals surface area contributed by atoms with E-state index in [1.54, 1.807) is 0 Å². The van der Waals surface area contributed by atoms with Crippen LogP contribution in [0.4, 0.5) is 0 Å². The number of nitrogens with zero attached hydrogens (tertiary/aromatic N) is 1. The second kappa shape index (κ2) is 7.01. The van der Waals surface area contributed by atoms with E-state index >= 15 is 0 Å². The molecule has 27 heavy (non-hydrogen) atoms. The first kappa shape index (κ1) is 16.8. The van der Waals surface area contributed by atoms with E-state index in [1.165, 1.54) is 57.9 Å². The van der Waals surface area contributed by atoms with Gasteiger partial charge in [-0.3, -0.25) is 4.98 Å². The Morgan fingerprint density at radius 1 is 0.963 bits per heavy atom. The molecule has 0 unspecified atom stereocenters. The molecule has 5 rings (SSSR count). The van der Waals surface area contributed by atoms with Crippen LogP contribution in [-0.2, 0) is 25.7 Å². The summed E-state index contributed by atoms with van der Waals surface area (Å²) in [7, 11) is 0. The summed E-state index contributed by atoms with van der Waals surface area (Å²) in [5.74, 6) is 0. The first-order chi connectivity index (χ1) is 13.3. The Balaban J connectivity index is 1.47. The lowest BCUT2D eigenvalue weighted by Crippen LogP contribution is -2.10. The molecule has 0 saturated heterocycles. The molecule has 0 spiro atoms. The van der Waals surface area contributed by atoms with Gasteiger partial charge in [-0.05, 0) is 79.8 Å². The van der Waals surface area contributed by atoms with E-state index in [0.717, 1.165) is 36.2 Å². The number of aromatic amines is 1. The molecular formula is C24H23ClN2. The highest BCUT2D eigenvalue weighted by Gasteiger charge is 2.18. The van der Waals surface area contributed by atoms with E-state index in [2.05, 4.69) is 41.5 Å². The second-order valence-electron chi connectivity index (χ2n) is 7.60. The number of pyridine rings is 1. The molecule has 2 aromatic heterocycles. The van der Waals surface area contributed by atoms with Crippen LogP contribution in [0, 0.1) is 0 Å². The minimum absolute atomic E-state index is 0.774. The van der Waals surface area contributed by atoms with Crippen molar-refractivity contribution in [3.63, 3.8) is 0 Å². The van der Waals surface area contributed by atoms with E-state index in [9.17, 15) is 0 Å². The van der Waals surface area contributed by atoms with Crippen LogP contribution in [0.1, 0.15) is 41.6 Å². The van der Waals surface area contributed by atoms with Crippen molar-refractivity contribution in [3.05, 3.63) is 76.1 Å². The summed E-state index contributed by atoms with van der Waals surface area (Å²) >= 11 is 6.24. The molecule has 0 saturated carbocycles. The van der Waals surface area contributed by atoms with Crippen LogP contribution in [0.5, 0.6) is 0 Å². The van der Waals surface area contributed by atoms with Crippen molar-refractivity contribution in [2.24, 2.45) is 0 Å². The zero-order valence-electron chi connectivity index (χ0n) is 15.4. The molecule has 0 aliphatic heterocycles. The maximum atomic E-state index is 6.24. The van der Waals surface area contributed by atoms with Crippen LogP contribution >= 0.6 is 11.6 Å². The van der Waals surface area contributed by atoms with Gasteiger partial charge in [0.05, 0.1) is 5.52 Å². The number of benzene rings is 2. The third-order valence-electron chi connectivity index (χ3n) is 5.89. The van der Waals surface area contributed by atoms with Crippen molar-refractivity contribution in [1.29, 1.82) is 0 Å². The molecule has 3 heteroatoms. The van der Waals surface area contributed by atoms with Gasteiger partial charge in [-0.1, -0.05) is 35.9 Å². The summed E-state index contributed by atoms with van der Waals surface area (Å²) < 4.78 is 0. The van der Waals surface area contributed by atoms with Gasteiger partial charge in [0.15, 0.2) is 0 Å². The zero-order valence-corrected chi connectivity index (χ0v) is 16.1. The fourth-order valence-electron chi connectivity index (χ4n) is 4.58. The van der Waals surface area contributed by atoms with Crippen LogP contribution in [-0.4, -0.2) is 9.97 Å². The quantitative estimate of drug-likeness (QED) is 0.438. The number of rotatable bonds is 4. The van der Waals surface area contributed by atoms with Gasteiger partial charge in [0.25, 0.3) is 0 Å². The molecule has 2 aromatic carbocycles. The Labute approximate surface area is 164 Å². The summed E-state index contributed by atoms with van der Waals surface area (Å²) in [4.78, 5) is 8.34. The topological polar surface area (TPSA) is 28.7 Å². The molecule has 2 nitrogen and oxygen atoms in total. The van der Waals surface area contributed by atoms with E-state index in [0.29, 0.717) is 0 Å². The van der Waals surface area contributed by atoms with E-state index in [1.807, 2.05) is 12.1 Å². The number of halogens is 1. The Kier molecular flexibility index (Phi) is 4.37. The smallest absolute Gasteiger partial charge is 0.0723 e. The lowest BCUT2D eigenvalue weighted by Gasteiger charge is -2.21. The Bertz CT molecular complexity index is 1130. The molecular weight excluding hydrogens is 352 g/mol. The first-order valence-corrected chi connectivity index (χ1v) is 10.3. The van der Waals surface area contributed by atoms with Gasteiger partial charge in [-0.25, -0.2) is 0 Å². The van der Waals surface area contributed by atoms with E-state index in [4.69, 9.17) is 16.6 Å².